The van der Waals surface area contributed by atoms with Crippen molar-refractivity contribution in [3.63, 3.8) is 0 Å². The van der Waals surface area contributed by atoms with Gasteiger partial charge in [-0.3, -0.25) is 9.78 Å². The van der Waals surface area contributed by atoms with E-state index in [0.29, 0.717) is 5.82 Å². The average molecular weight is 256 g/mol. The fourth-order valence-corrected chi connectivity index (χ4v) is 2.52. The number of rotatable bonds is 1. The van der Waals surface area contributed by atoms with Crippen LogP contribution in [-0.2, 0) is 13.0 Å². The van der Waals surface area contributed by atoms with Crippen molar-refractivity contribution >= 4 is 11.8 Å². The second kappa shape index (κ2) is 4.76. The van der Waals surface area contributed by atoms with Crippen molar-refractivity contribution in [1.82, 2.24) is 9.97 Å². The molecule has 5 heteroatoms. The van der Waals surface area contributed by atoms with Crippen LogP contribution in [0, 0.1) is 0 Å². The van der Waals surface area contributed by atoms with Gasteiger partial charge in [-0.2, -0.15) is 4.98 Å². The Bertz CT molecular complexity index is 650. The average Bonchev–Trinajstić information content (AvgIpc) is 2.59. The Labute approximate surface area is 111 Å². The van der Waals surface area contributed by atoms with Gasteiger partial charge >= 0.3 is 0 Å². The Morgan fingerprint density at radius 3 is 2.84 bits per heavy atom. The molecular weight excluding hydrogens is 240 g/mol. The predicted octanol–water partition coefficient (Wildman–Crippen LogP) is 1.30. The van der Waals surface area contributed by atoms with Crippen LogP contribution in [0.15, 0.2) is 35.1 Å². The van der Waals surface area contributed by atoms with E-state index in [9.17, 15) is 4.79 Å². The third-order valence-corrected chi connectivity index (χ3v) is 3.42. The normalized spacial score (nSPS) is 14.8. The molecule has 0 saturated carbocycles. The van der Waals surface area contributed by atoms with Crippen molar-refractivity contribution in [2.75, 3.05) is 17.2 Å². The molecule has 1 aromatic carbocycles. The minimum Gasteiger partial charge on any atom is -0.369 e. The summed E-state index contributed by atoms with van der Waals surface area (Å²) in [6, 6.07) is 9.91. The van der Waals surface area contributed by atoms with Gasteiger partial charge in [0.2, 0.25) is 5.95 Å². The Morgan fingerprint density at radius 1 is 1.26 bits per heavy atom. The van der Waals surface area contributed by atoms with E-state index in [1.54, 1.807) is 0 Å². The smallest absolute Gasteiger partial charge is 0.254 e. The second-order valence-corrected chi connectivity index (χ2v) is 4.78. The lowest BCUT2D eigenvalue weighted by molar-refractivity contribution is 0.752. The van der Waals surface area contributed by atoms with E-state index >= 15 is 0 Å². The largest absolute Gasteiger partial charge is 0.369 e. The summed E-state index contributed by atoms with van der Waals surface area (Å²) in [5.74, 6) is 0.818. The summed E-state index contributed by atoms with van der Waals surface area (Å²) in [4.78, 5) is 20.3. The predicted molar refractivity (Wildman–Crippen MR) is 75.1 cm³/mol. The maximum Gasteiger partial charge on any atom is 0.254 e. The van der Waals surface area contributed by atoms with Gasteiger partial charge in [-0.25, -0.2) is 0 Å². The highest BCUT2D eigenvalue weighted by atomic mass is 16.1. The maximum absolute atomic E-state index is 11.5. The van der Waals surface area contributed by atoms with Crippen molar-refractivity contribution in [3.05, 3.63) is 51.8 Å². The van der Waals surface area contributed by atoms with E-state index in [0.717, 1.165) is 25.9 Å². The topological polar surface area (TPSA) is 75.0 Å². The van der Waals surface area contributed by atoms with E-state index in [-0.39, 0.29) is 11.5 Å². The van der Waals surface area contributed by atoms with Crippen LogP contribution in [0.25, 0.3) is 0 Å². The lowest BCUT2D eigenvalue weighted by Gasteiger charge is -2.21. The number of hydrogen-bond donors (Lipinski definition) is 2. The summed E-state index contributed by atoms with van der Waals surface area (Å²) in [5, 5.41) is 0. The number of hydrogen-bond acceptors (Lipinski definition) is 4. The van der Waals surface area contributed by atoms with Gasteiger partial charge in [0.15, 0.2) is 0 Å². The molecule has 19 heavy (non-hydrogen) atoms. The maximum atomic E-state index is 11.5. The van der Waals surface area contributed by atoms with Crippen molar-refractivity contribution < 1.29 is 0 Å². The van der Waals surface area contributed by atoms with Gasteiger partial charge < -0.3 is 10.6 Å². The quantitative estimate of drug-likeness (QED) is 0.806. The first-order chi connectivity index (χ1) is 9.22. The molecule has 0 saturated heterocycles. The van der Waals surface area contributed by atoms with Crippen LogP contribution in [0.1, 0.15) is 17.5 Å². The monoisotopic (exact) mass is 256 g/mol. The molecule has 1 aliphatic heterocycles. The number of H-pyrrole nitrogens is 1. The number of aromatic amines is 1. The van der Waals surface area contributed by atoms with E-state index in [1.807, 2.05) is 6.07 Å². The number of nitrogens with one attached hydrogen (secondary N) is 1. The van der Waals surface area contributed by atoms with E-state index in [1.165, 1.54) is 17.2 Å². The Hall–Kier alpha value is -2.30. The van der Waals surface area contributed by atoms with E-state index < -0.39 is 0 Å². The summed E-state index contributed by atoms with van der Waals surface area (Å²) in [6.45, 7) is 1.65. The van der Waals surface area contributed by atoms with E-state index in [2.05, 4.69) is 33.1 Å². The summed E-state index contributed by atoms with van der Waals surface area (Å²) < 4.78 is 0. The molecule has 0 atom stereocenters. The molecule has 3 N–H and O–H groups in total. The van der Waals surface area contributed by atoms with Crippen molar-refractivity contribution in [2.45, 2.75) is 19.4 Å². The molecule has 0 aliphatic carbocycles. The number of anilines is 2. The van der Waals surface area contributed by atoms with Crippen molar-refractivity contribution in [3.8, 4) is 0 Å². The van der Waals surface area contributed by atoms with E-state index in [4.69, 9.17) is 5.73 Å². The highest BCUT2D eigenvalue weighted by Crippen LogP contribution is 2.21. The van der Waals surface area contributed by atoms with Crippen LogP contribution in [-0.4, -0.2) is 16.5 Å². The summed E-state index contributed by atoms with van der Waals surface area (Å²) >= 11 is 0. The number of nitrogens with zero attached hydrogens (tertiary/aromatic N) is 2. The van der Waals surface area contributed by atoms with Crippen molar-refractivity contribution in [2.24, 2.45) is 0 Å². The van der Waals surface area contributed by atoms with Crippen LogP contribution in [0.3, 0.4) is 0 Å². The molecule has 0 spiro atoms. The molecule has 0 amide bonds. The standard InChI is InChI=1S/C14H16N4O/c15-14-16-12(8-13(19)17-14)18-7-3-6-10-4-1-2-5-11(10)9-18/h1-2,4-5,8H,3,6-7,9H2,(H3,15,16,17,19). The molecule has 3 rings (SSSR count). The van der Waals surface area contributed by atoms with Gasteiger partial charge in [-0.05, 0) is 24.0 Å². The number of fused-ring (bicyclic) bond motifs is 1. The van der Waals surface area contributed by atoms with Gasteiger partial charge in [0.1, 0.15) is 5.82 Å². The molecule has 1 aliphatic rings. The highest BCUT2D eigenvalue weighted by molar-refractivity contribution is 5.44. The third kappa shape index (κ3) is 2.45. The minimum absolute atomic E-state index is 0.167. The van der Waals surface area contributed by atoms with Gasteiger partial charge in [-0.1, -0.05) is 24.3 Å². The molecule has 1 aromatic heterocycles. The summed E-state index contributed by atoms with van der Waals surface area (Å²) in [6.07, 6.45) is 2.11. The molecule has 2 heterocycles. The zero-order chi connectivity index (χ0) is 13.2. The fourth-order valence-electron chi connectivity index (χ4n) is 2.52. The Kier molecular flexibility index (Phi) is 2.95. The first kappa shape index (κ1) is 11.8. The number of nitrogens with two attached hydrogens (primary N) is 1. The van der Waals surface area contributed by atoms with Crippen molar-refractivity contribution in [1.29, 1.82) is 0 Å². The molecular formula is C14H16N4O. The van der Waals surface area contributed by atoms with Gasteiger partial charge in [-0.15, -0.1) is 0 Å². The lowest BCUT2D eigenvalue weighted by Crippen LogP contribution is -2.26. The van der Waals surface area contributed by atoms with Crippen LogP contribution in [0.5, 0.6) is 0 Å². The number of aromatic nitrogens is 2. The summed E-state index contributed by atoms with van der Waals surface area (Å²) in [5.41, 5.74) is 8.07. The van der Waals surface area contributed by atoms with Crippen LogP contribution >= 0.6 is 0 Å². The number of aryl methyl sites for hydroxylation is 1. The minimum atomic E-state index is -0.208. The number of nitrogen functional groups attached to an aromatic ring is 1. The third-order valence-electron chi connectivity index (χ3n) is 3.42. The fraction of sp³-hybridized carbons (Fsp3) is 0.286. The number of benzene rings is 1. The zero-order valence-corrected chi connectivity index (χ0v) is 10.6. The molecule has 0 radical (unpaired) electrons. The van der Waals surface area contributed by atoms with Crippen LogP contribution in [0.2, 0.25) is 0 Å². The van der Waals surface area contributed by atoms with Gasteiger partial charge in [0, 0.05) is 19.2 Å². The zero-order valence-electron chi connectivity index (χ0n) is 10.6. The van der Waals surface area contributed by atoms with Gasteiger partial charge in [0.05, 0.1) is 0 Å². The molecule has 0 fully saturated rings. The van der Waals surface area contributed by atoms with Crippen LogP contribution in [0.4, 0.5) is 11.8 Å². The molecule has 98 valence electrons. The Morgan fingerprint density at radius 2 is 2.05 bits per heavy atom. The molecule has 0 bridgehead atoms. The highest BCUT2D eigenvalue weighted by Gasteiger charge is 2.16. The lowest BCUT2D eigenvalue weighted by atomic mass is 10.0. The molecule has 5 nitrogen and oxygen atoms in total. The first-order valence-corrected chi connectivity index (χ1v) is 6.41. The SMILES string of the molecule is Nc1nc(N2CCCc3ccccc3C2)cc(=O)[nH]1. The molecule has 0 unspecified atom stereocenters. The first-order valence-electron chi connectivity index (χ1n) is 6.41. The van der Waals surface area contributed by atoms with Crippen LogP contribution < -0.4 is 16.2 Å². The Balaban J connectivity index is 1.96. The molecule has 2 aromatic rings. The van der Waals surface area contributed by atoms with Gasteiger partial charge in [0.25, 0.3) is 5.56 Å². The second-order valence-electron chi connectivity index (χ2n) is 4.78. The summed E-state index contributed by atoms with van der Waals surface area (Å²) in [7, 11) is 0.